The van der Waals surface area contributed by atoms with Crippen LogP contribution in [0, 0.1) is 6.92 Å². The summed E-state index contributed by atoms with van der Waals surface area (Å²) in [7, 11) is 0. The van der Waals surface area contributed by atoms with E-state index in [2.05, 4.69) is 0 Å². The van der Waals surface area contributed by atoms with Crippen LogP contribution in [0.3, 0.4) is 0 Å². The molecular weight excluding hydrogens is 254 g/mol. The first-order valence-electron chi connectivity index (χ1n) is 6.43. The SMILES string of the molecule is CCN(C(=O)c1ccc(C)c(O)c1)c1cccc(O)c1. The summed E-state index contributed by atoms with van der Waals surface area (Å²) in [6.07, 6.45) is 0. The van der Waals surface area contributed by atoms with Crippen molar-refractivity contribution < 1.29 is 15.0 Å². The third-order valence-corrected chi connectivity index (χ3v) is 3.16. The second-order valence-corrected chi connectivity index (χ2v) is 4.57. The van der Waals surface area contributed by atoms with Gasteiger partial charge in [-0.1, -0.05) is 12.1 Å². The summed E-state index contributed by atoms with van der Waals surface area (Å²) >= 11 is 0. The molecule has 4 heteroatoms. The van der Waals surface area contributed by atoms with Gasteiger partial charge in [-0.25, -0.2) is 0 Å². The summed E-state index contributed by atoms with van der Waals surface area (Å²) in [5.74, 6) is -0.00304. The number of rotatable bonds is 3. The van der Waals surface area contributed by atoms with Crippen LogP contribution in [-0.4, -0.2) is 22.7 Å². The number of carbonyl (C=O) groups is 1. The quantitative estimate of drug-likeness (QED) is 0.901. The second-order valence-electron chi connectivity index (χ2n) is 4.57. The molecule has 0 saturated heterocycles. The lowest BCUT2D eigenvalue weighted by atomic mass is 10.1. The Labute approximate surface area is 117 Å². The number of phenols is 2. The molecule has 0 atom stereocenters. The Bertz CT molecular complexity index is 637. The number of aromatic hydroxyl groups is 2. The molecule has 0 aliphatic carbocycles. The third kappa shape index (κ3) is 2.74. The molecule has 0 aliphatic rings. The van der Waals surface area contributed by atoms with Crippen LogP contribution in [-0.2, 0) is 0 Å². The minimum atomic E-state index is -0.214. The monoisotopic (exact) mass is 271 g/mol. The molecule has 104 valence electrons. The van der Waals surface area contributed by atoms with Crippen molar-refractivity contribution in [2.24, 2.45) is 0 Å². The first-order valence-corrected chi connectivity index (χ1v) is 6.43. The largest absolute Gasteiger partial charge is 0.508 e. The fourth-order valence-corrected chi connectivity index (χ4v) is 2.00. The van der Waals surface area contributed by atoms with Crippen LogP contribution in [0.25, 0.3) is 0 Å². The molecule has 2 rings (SSSR count). The zero-order valence-corrected chi connectivity index (χ0v) is 11.5. The zero-order valence-electron chi connectivity index (χ0n) is 11.5. The molecule has 2 aromatic carbocycles. The topological polar surface area (TPSA) is 60.8 Å². The van der Waals surface area contributed by atoms with Crippen LogP contribution in [0.1, 0.15) is 22.8 Å². The van der Waals surface area contributed by atoms with E-state index in [0.29, 0.717) is 17.8 Å². The number of amides is 1. The molecule has 0 fully saturated rings. The fraction of sp³-hybridized carbons (Fsp3) is 0.188. The Morgan fingerprint density at radius 3 is 2.50 bits per heavy atom. The highest BCUT2D eigenvalue weighted by Gasteiger charge is 2.17. The van der Waals surface area contributed by atoms with Crippen molar-refractivity contribution in [3.05, 3.63) is 53.6 Å². The molecule has 20 heavy (non-hydrogen) atoms. The molecule has 2 aromatic rings. The van der Waals surface area contributed by atoms with Gasteiger partial charge in [0.1, 0.15) is 11.5 Å². The Morgan fingerprint density at radius 1 is 1.15 bits per heavy atom. The number of anilines is 1. The molecule has 0 unspecified atom stereocenters. The van der Waals surface area contributed by atoms with Gasteiger partial charge < -0.3 is 15.1 Å². The van der Waals surface area contributed by atoms with Gasteiger partial charge >= 0.3 is 0 Å². The van der Waals surface area contributed by atoms with Crippen molar-refractivity contribution in [1.29, 1.82) is 0 Å². The van der Waals surface area contributed by atoms with E-state index >= 15 is 0 Å². The first-order chi connectivity index (χ1) is 9.52. The zero-order chi connectivity index (χ0) is 14.7. The maximum Gasteiger partial charge on any atom is 0.258 e. The van der Waals surface area contributed by atoms with Gasteiger partial charge in [0, 0.05) is 23.9 Å². The maximum atomic E-state index is 12.5. The molecule has 4 nitrogen and oxygen atoms in total. The average Bonchev–Trinajstić information content (AvgIpc) is 2.42. The van der Waals surface area contributed by atoms with Crippen molar-refractivity contribution in [3.8, 4) is 11.5 Å². The van der Waals surface area contributed by atoms with E-state index in [9.17, 15) is 15.0 Å². The molecule has 1 amide bonds. The Balaban J connectivity index is 2.36. The lowest BCUT2D eigenvalue weighted by Gasteiger charge is -2.21. The molecular formula is C16H17NO3. The minimum absolute atomic E-state index is 0.0998. The Kier molecular flexibility index (Phi) is 3.94. The summed E-state index contributed by atoms with van der Waals surface area (Å²) in [6.45, 7) is 4.10. The van der Waals surface area contributed by atoms with Gasteiger partial charge in [0.15, 0.2) is 0 Å². The van der Waals surface area contributed by atoms with Crippen molar-refractivity contribution in [3.63, 3.8) is 0 Å². The smallest absolute Gasteiger partial charge is 0.258 e. The van der Waals surface area contributed by atoms with E-state index in [1.165, 1.54) is 12.1 Å². The summed E-state index contributed by atoms with van der Waals surface area (Å²) in [5, 5.41) is 19.2. The third-order valence-electron chi connectivity index (χ3n) is 3.16. The van der Waals surface area contributed by atoms with E-state index in [0.717, 1.165) is 5.56 Å². The van der Waals surface area contributed by atoms with Crippen LogP contribution < -0.4 is 4.90 Å². The number of nitrogens with zero attached hydrogens (tertiary/aromatic N) is 1. The lowest BCUT2D eigenvalue weighted by Crippen LogP contribution is -2.30. The minimum Gasteiger partial charge on any atom is -0.508 e. The number of hydrogen-bond acceptors (Lipinski definition) is 3. The van der Waals surface area contributed by atoms with Crippen molar-refractivity contribution >= 4 is 11.6 Å². The maximum absolute atomic E-state index is 12.5. The van der Waals surface area contributed by atoms with Gasteiger partial charge in [0.2, 0.25) is 0 Å². The lowest BCUT2D eigenvalue weighted by molar-refractivity contribution is 0.0988. The first kappa shape index (κ1) is 13.9. The van der Waals surface area contributed by atoms with Crippen molar-refractivity contribution in [2.75, 3.05) is 11.4 Å². The average molecular weight is 271 g/mol. The van der Waals surface area contributed by atoms with Gasteiger partial charge in [-0.15, -0.1) is 0 Å². The summed E-state index contributed by atoms with van der Waals surface area (Å²) in [5.41, 5.74) is 1.76. The number of aryl methyl sites for hydroxylation is 1. The summed E-state index contributed by atoms with van der Waals surface area (Å²) in [4.78, 5) is 14.0. The Hall–Kier alpha value is -2.49. The van der Waals surface area contributed by atoms with Gasteiger partial charge in [0.25, 0.3) is 5.91 Å². The van der Waals surface area contributed by atoms with Crippen LogP contribution in [0.15, 0.2) is 42.5 Å². The number of carbonyl (C=O) groups excluding carboxylic acids is 1. The van der Waals surface area contributed by atoms with Crippen LogP contribution in [0.4, 0.5) is 5.69 Å². The van der Waals surface area contributed by atoms with Crippen LogP contribution >= 0.6 is 0 Å². The summed E-state index contributed by atoms with van der Waals surface area (Å²) in [6, 6.07) is 11.4. The van der Waals surface area contributed by atoms with E-state index in [1.807, 2.05) is 6.92 Å². The van der Waals surface area contributed by atoms with E-state index < -0.39 is 0 Å². The molecule has 0 aliphatic heterocycles. The van der Waals surface area contributed by atoms with Gasteiger partial charge in [-0.05, 0) is 43.7 Å². The van der Waals surface area contributed by atoms with Crippen molar-refractivity contribution in [1.82, 2.24) is 0 Å². The molecule has 0 aromatic heterocycles. The number of hydrogen-bond donors (Lipinski definition) is 2. The predicted octanol–water partition coefficient (Wildman–Crippen LogP) is 3.07. The van der Waals surface area contributed by atoms with Gasteiger partial charge in [0.05, 0.1) is 0 Å². The molecule has 2 N–H and O–H groups in total. The standard InChI is InChI=1S/C16H17NO3/c1-3-17(13-5-4-6-14(18)10-13)16(20)12-8-7-11(2)15(19)9-12/h4-10,18-19H,3H2,1-2H3. The molecule has 0 heterocycles. The summed E-state index contributed by atoms with van der Waals surface area (Å²) < 4.78 is 0. The molecule has 0 bridgehead atoms. The van der Waals surface area contributed by atoms with E-state index in [4.69, 9.17) is 0 Å². The number of benzene rings is 2. The van der Waals surface area contributed by atoms with Crippen LogP contribution in [0.5, 0.6) is 11.5 Å². The highest BCUT2D eigenvalue weighted by Crippen LogP contribution is 2.24. The molecule has 0 saturated carbocycles. The Morgan fingerprint density at radius 2 is 1.90 bits per heavy atom. The van der Waals surface area contributed by atoms with E-state index in [1.54, 1.807) is 42.2 Å². The number of phenolic OH excluding ortho intramolecular Hbond substituents is 2. The normalized spacial score (nSPS) is 10.3. The van der Waals surface area contributed by atoms with E-state index in [-0.39, 0.29) is 17.4 Å². The highest BCUT2D eigenvalue weighted by molar-refractivity contribution is 6.06. The van der Waals surface area contributed by atoms with Crippen molar-refractivity contribution in [2.45, 2.75) is 13.8 Å². The predicted molar refractivity (Wildman–Crippen MR) is 78.3 cm³/mol. The van der Waals surface area contributed by atoms with Gasteiger partial charge in [-0.2, -0.15) is 0 Å². The molecule has 0 spiro atoms. The highest BCUT2D eigenvalue weighted by atomic mass is 16.3. The molecule has 0 radical (unpaired) electrons. The second kappa shape index (κ2) is 5.65. The fourth-order valence-electron chi connectivity index (χ4n) is 2.00. The van der Waals surface area contributed by atoms with Crippen LogP contribution in [0.2, 0.25) is 0 Å². The van der Waals surface area contributed by atoms with Gasteiger partial charge in [-0.3, -0.25) is 4.79 Å².